The molecule has 0 saturated carbocycles. The van der Waals surface area contributed by atoms with Gasteiger partial charge in [0.25, 0.3) is 0 Å². The standard InChI is InChI=1S/C15H19N3O2S2.ClH/c1-11-10-21-15(17-11)13-4-3-5-14(8-13)22(19,20)18-7-6-16-9-12(18)2;/h3-5,8,10,12,16H,6-7,9H2,1-2H3;1H/t12-;/m1./s1. The largest absolute Gasteiger partial charge is 0.314 e. The van der Waals surface area contributed by atoms with Crippen molar-refractivity contribution in [3.63, 3.8) is 0 Å². The lowest BCUT2D eigenvalue weighted by atomic mass is 10.2. The quantitative estimate of drug-likeness (QED) is 0.898. The van der Waals surface area contributed by atoms with E-state index in [2.05, 4.69) is 10.3 Å². The number of thiazole rings is 1. The van der Waals surface area contributed by atoms with Gasteiger partial charge in [-0.05, 0) is 26.0 Å². The van der Waals surface area contributed by atoms with Gasteiger partial charge in [0.2, 0.25) is 10.0 Å². The number of aryl methyl sites for hydroxylation is 1. The van der Waals surface area contributed by atoms with Crippen LogP contribution in [0.15, 0.2) is 34.5 Å². The van der Waals surface area contributed by atoms with Gasteiger partial charge >= 0.3 is 0 Å². The van der Waals surface area contributed by atoms with Crippen molar-refractivity contribution < 1.29 is 8.42 Å². The van der Waals surface area contributed by atoms with E-state index in [1.807, 2.05) is 25.3 Å². The van der Waals surface area contributed by atoms with Gasteiger partial charge in [0, 0.05) is 42.3 Å². The summed E-state index contributed by atoms with van der Waals surface area (Å²) in [6.45, 7) is 5.74. The van der Waals surface area contributed by atoms with Crippen LogP contribution in [-0.2, 0) is 10.0 Å². The first-order chi connectivity index (χ1) is 10.5. The number of hydrogen-bond donors (Lipinski definition) is 1. The highest BCUT2D eigenvalue weighted by molar-refractivity contribution is 7.89. The number of halogens is 1. The number of hydrogen-bond acceptors (Lipinski definition) is 5. The fourth-order valence-corrected chi connectivity index (χ4v) is 5.06. The molecule has 2 heterocycles. The van der Waals surface area contributed by atoms with Gasteiger partial charge in [0.05, 0.1) is 4.90 Å². The molecule has 1 saturated heterocycles. The zero-order chi connectivity index (χ0) is 15.7. The average molecular weight is 374 g/mol. The minimum Gasteiger partial charge on any atom is -0.314 e. The van der Waals surface area contributed by atoms with Gasteiger partial charge < -0.3 is 5.32 Å². The van der Waals surface area contributed by atoms with Crippen molar-refractivity contribution in [2.45, 2.75) is 24.8 Å². The molecule has 1 N–H and O–H groups in total. The zero-order valence-corrected chi connectivity index (χ0v) is 15.5. The summed E-state index contributed by atoms with van der Waals surface area (Å²) in [7, 11) is -3.46. The summed E-state index contributed by atoms with van der Waals surface area (Å²) in [4.78, 5) is 4.77. The third kappa shape index (κ3) is 3.75. The fraction of sp³-hybridized carbons (Fsp3) is 0.400. The summed E-state index contributed by atoms with van der Waals surface area (Å²) in [5.74, 6) is 0. The van der Waals surface area contributed by atoms with Crippen molar-refractivity contribution in [3.05, 3.63) is 35.3 Å². The summed E-state index contributed by atoms with van der Waals surface area (Å²) in [5, 5.41) is 6.03. The summed E-state index contributed by atoms with van der Waals surface area (Å²) in [5.41, 5.74) is 1.80. The van der Waals surface area contributed by atoms with Gasteiger partial charge in [-0.15, -0.1) is 23.7 Å². The molecular weight excluding hydrogens is 354 g/mol. The molecule has 1 aliphatic rings. The molecule has 0 spiro atoms. The molecule has 0 radical (unpaired) electrons. The van der Waals surface area contributed by atoms with Crippen LogP contribution in [0.5, 0.6) is 0 Å². The SMILES string of the molecule is Cc1csc(-c2cccc(S(=O)(=O)N3CCNC[C@H]3C)c2)n1.Cl. The second-order valence-corrected chi connectivity index (χ2v) is 8.24. The van der Waals surface area contributed by atoms with Crippen molar-refractivity contribution in [2.75, 3.05) is 19.6 Å². The van der Waals surface area contributed by atoms with Crippen molar-refractivity contribution in [1.29, 1.82) is 0 Å². The van der Waals surface area contributed by atoms with E-state index in [4.69, 9.17) is 0 Å². The van der Waals surface area contributed by atoms with E-state index < -0.39 is 10.0 Å². The van der Waals surface area contributed by atoms with Gasteiger partial charge in [0.1, 0.15) is 5.01 Å². The smallest absolute Gasteiger partial charge is 0.243 e. The normalized spacial score (nSPS) is 19.3. The molecule has 3 rings (SSSR count). The first-order valence-electron chi connectivity index (χ1n) is 7.23. The lowest BCUT2D eigenvalue weighted by Gasteiger charge is -2.32. The Balaban J connectivity index is 0.00000192. The van der Waals surface area contributed by atoms with Crippen LogP contribution in [0.2, 0.25) is 0 Å². The predicted molar refractivity (Wildman–Crippen MR) is 95.8 cm³/mol. The Kier molecular flexibility index (Phi) is 5.80. The van der Waals surface area contributed by atoms with E-state index in [1.165, 1.54) is 11.3 Å². The maximum atomic E-state index is 12.9. The maximum absolute atomic E-state index is 12.9. The molecule has 2 aromatic rings. The minimum absolute atomic E-state index is 0. The van der Waals surface area contributed by atoms with Crippen LogP contribution >= 0.6 is 23.7 Å². The molecule has 1 fully saturated rings. The molecule has 8 heteroatoms. The predicted octanol–water partition coefficient (Wildman–Crippen LogP) is 2.52. The molecule has 0 bridgehead atoms. The molecule has 0 unspecified atom stereocenters. The monoisotopic (exact) mass is 373 g/mol. The topological polar surface area (TPSA) is 62.3 Å². The summed E-state index contributed by atoms with van der Waals surface area (Å²) in [6.07, 6.45) is 0. The molecule has 0 amide bonds. The molecule has 126 valence electrons. The van der Waals surface area contributed by atoms with E-state index in [1.54, 1.807) is 22.5 Å². The van der Waals surface area contributed by atoms with Crippen LogP contribution in [0.25, 0.3) is 10.6 Å². The molecule has 1 aromatic heterocycles. The molecule has 0 aliphatic carbocycles. The number of nitrogens with zero attached hydrogens (tertiary/aromatic N) is 2. The Labute approximate surface area is 147 Å². The Morgan fingerprint density at radius 3 is 2.83 bits per heavy atom. The van der Waals surface area contributed by atoms with Gasteiger partial charge in [-0.2, -0.15) is 4.31 Å². The lowest BCUT2D eigenvalue weighted by molar-refractivity contribution is 0.284. The van der Waals surface area contributed by atoms with Crippen LogP contribution in [-0.4, -0.2) is 43.4 Å². The van der Waals surface area contributed by atoms with Crippen LogP contribution in [0, 0.1) is 6.92 Å². The van der Waals surface area contributed by atoms with Crippen LogP contribution in [0.1, 0.15) is 12.6 Å². The van der Waals surface area contributed by atoms with Crippen molar-refractivity contribution in [3.8, 4) is 10.6 Å². The van der Waals surface area contributed by atoms with Crippen molar-refractivity contribution in [2.24, 2.45) is 0 Å². The van der Waals surface area contributed by atoms with Gasteiger partial charge in [-0.25, -0.2) is 13.4 Å². The summed E-state index contributed by atoms with van der Waals surface area (Å²) >= 11 is 1.53. The molecule has 1 atom stereocenters. The van der Waals surface area contributed by atoms with E-state index in [-0.39, 0.29) is 18.4 Å². The number of aromatic nitrogens is 1. The van der Waals surface area contributed by atoms with Crippen molar-refractivity contribution >= 4 is 33.8 Å². The van der Waals surface area contributed by atoms with Gasteiger partial charge in [0.15, 0.2) is 0 Å². The molecule has 23 heavy (non-hydrogen) atoms. The van der Waals surface area contributed by atoms with E-state index in [0.717, 1.165) is 16.3 Å². The minimum atomic E-state index is -3.46. The Morgan fingerprint density at radius 2 is 2.17 bits per heavy atom. The molecule has 5 nitrogen and oxygen atoms in total. The number of sulfonamides is 1. The van der Waals surface area contributed by atoms with Crippen molar-refractivity contribution in [1.82, 2.24) is 14.6 Å². The highest BCUT2D eigenvalue weighted by atomic mass is 35.5. The Bertz CT molecular complexity index is 777. The number of nitrogens with one attached hydrogen (secondary N) is 1. The molecule has 1 aromatic carbocycles. The Hall–Kier alpha value is -0.990. The molecular formula is C15H20ClN3O2S2. The highest BCUT2D eigenvalue weighted by Crippen LogP contribution is 2.27. The first kappa shape index (κ1) is 18.4. The zero-order valence-electron chi connectivity index (χ0n) is 13.0. The number of piperazine rings is 1. The molecule has 1 aliphatic heterocycles. The van der Waals surface area contributed by atoms with Gasteiger partial charge in [-0.1, -0.05) is 12.1 Å². The number of rotatable bonds is 3. The van der Waals surface area contributed by atoms with E-state index in [0.29, 0.717) is 24.5 Å². The fourth-order valence-electron chi connectivity index (χ4n) is 2.59. The second-order valence-electron chi connectivity index (χ2n) is 5.49. The maximum Gasteiger partial charge on any atom is 0.243 e. The van der Waals surface area contributed by atoms with Crippen LogP contribution < -0.4 is 5.32 Å². The number of benzene rings is 1. The third-order valence-corrected chi connectivity index (χ3v) is 6.77. The van der Waals surface area contributed by atoms with Crippen LogP contribution in [0.4, 0.5) is 0 Å². The third-order valence-electron chi connectivity index (χ3n) is 3.75. The van der Waals surface area contributed by atoms with Crippen LogP contribution in [0.3, 0.4) is 0 Å². The Morgan fingerprint density at radius 1 is 1.39 bits per heavy atom. The second kappa shape index (κ2) is 7.27. The lowest BCUT2D eigenvalue weighted by Crippen LogP contribution is -2.52. The van der Waals surface area contributed by atoms with Gasteiger partial charge in [-0.3, -0.25) is 0 Å². The van der Waals surface area contributed by atoms with E-state index >= 15 is 0 Å². The summed E-state index contributed by atoms with van der Waals surface area (Å²) in [6, 6.07) is 7.03. The summed E-state index contributed by atoms with van der Waals surface area (Å²) < 4.78 is 27.3. The highest BCUT2D eigenvalue weighted by Gasteiger charge is 2.31. The first-order valence-corrected chi connectivity index (χ1v) is 9.55. The average Bonchev–Trinajstić information content (AvgIpc) is 2.94. The van der Waals surface area contributed by atoms with E-state index in [9.17, 15) is 8.42 Å².